The van der Waals surface area contributed by atoms with Gasteiger partial charge in [-0.05, 0) is 31.5 Å². The standard InChI is InChI=1S/C14H22F2N2O2S/c1-5-12(9(2)3)18-21(19,20)13-7-6-11(15)10(8-17-4)14(13)16/h6-7,9,12,17-18H,5,8H2,1-4H3. The largest absolute Gasteiger partial charge is 0.315 e. The fraction of sp³-hybridized carbons (Fsp3) is 0.571. The summed E-state index contributed by atoms with van der Waals surface area (Å²) in [5.41, 5.74) is -0.280. The molecule has 7 heteroatoms. The summed E-state index contributed by atoms with van der Waals surface area (Å²) in [7, 11) is -2.49. The van der Waals surface area contributed by atoms with Gasteiger partial charge in [0.15, 0.2) is 5.82 Å². The fourth-order valence-corrected chi connectivity index (χ4v) is 3.65. The SMILES string of the molecule is CCC(NS(=O)(=O)c1ccc(F)c(CNC)c1F)C(C)C. The van der Waals surface area contributed by atoms with E-state index in [9.17, 15) is 17.2 Å². The Balaban J connectivity index is 3.23. The summed E-state index contributed by atoms with van der Waals surface area (Å²) in [5, 5.41) is 2.62. The van der Waals surface area contributed by atoms with Gasteiger partial charge in [0.1, 0.15) is 10.7 Å². The molecule has 0 aliphatic heterocycles. The summed E-state index contributed by atoms with van der Waals surface area (Å²) in [6.45, 7) is 5.53. The minimum atomic E-state index is -4.02. The first kappa shape index (κ1) is 18.0. The maximum absolute atomic E-state index is 14.3. The molecule has 4 nitrogen and oxygen atoms in total. The first-order valence-corrected chi connectivity index (χ1v) is 8.36. The Morgan fingerprint density at radius 1 is 1.24 bits per heavy atom. The van der Waals surface area contributed by atoms with Gasteiger partial charge in [0.05, 0.1) is 0 Å². The minimum absolute atomic E-state index is 0.0741. The maximum atomic E-state index is 14.3. The van der Waals surface area contributed by atoms with Gasteiger partial charge in [0, 0.05) is 18.2 Å². The van der Waals surface area contributed by atoms with Crippen molar-refractivity contribution in [3.8, 4) is 0 Å². The van der Waals surface area contributed by atoms with Crippen LogP contribution in [0.2, 0.25) is 0 Å². The third-order valence-electron chi connectivity index (χ3n) is 3.34. The van der Waals surface area contributed by atoms with Crippen LogP contribution in [0.5, 0.6) is 0 Å². The van der Waals surface area contributed by atoms with Gasteiger partial charge in [0.2, 0.25) is 10.0 Å². The van der Waals surface area contributed by atoms with Crippen molar-refractivity contribution in [1.29, 1.82) is 0 Å². The van der Waals surface area contributed by atoms with Crippen LogP contribution < -0.4 is 10.0 Å². The third kappa shape index (κ3) is 4.21. The Bertz CT molecular complexity index is 589. The molecule has 0 bridgehead atoms. The van der Waals surface area contributed by atoms with Crippen molar-refractivity contribution < 1.29 is 17.2 Å². The fourth-order valence-electron chi connectivity index (χ4n) is 2.08. The molecular weight excluding hydrogens is 298 g/mol. The summed E-state index contributed by atoms with van der Waals surface area (Å²) >= 11 is 0. The average molecular weight is 320 g/mol. The second kappa shape index (κ2) is 7.29. The van der Waals surface area contributed by atoms with Crippen LogP contribution in [0.4, 0.5) is 8.78 Å². The van der Waals surface area contributed by atoms with Gasteiger partial charge < -0.3 is 5.32 Å². The van der Waals surface area contributed by atoms with E-state index in [0.717, 1.165) is 12.1 Å². The molecule has 1 atom stereocenters. The van der Waals surface area contributed by atoms with E-state index in [1.165, 1.54) is 7.05 Å². The first-order valence-electron chi connectivity index (χ1n) is 6.88. The predicted molar refractivity (Wildman–Crippen MR) is 78.4 cm³/mol. The van der Waals surface area contributed by atoms with Gasteiger partial charge in [-0.25, -0.2) is 21.9 Å². The second-order valence-corrected chi connectivity index (χ2v) is 6.93. The van der Waals surface area contributed by atoms with Gasteiger partial charge in [0.25, 0.3) is 0 Å². The number of sulfonamides is 1. The van der Waals surface area contributed by atoms with Crippen LogP contribution in [0, 0.1) is 17.6 Å². The van der Waals surface area contributed by atoms with Gasteiger partial charge in [-0.1, -0.05) is 20.8 Å². The molecule has 0 fully saturated rings. The number of halogens is 2. The lowest BCUT2D eigenvalue weighted by Crippen LogP contribution is -2.38. The normalized spacial score (nSPS) is 13.7. The van der Waals surface area contributed by atoms with Crippen molar-refractivity contribution in [2.45, 2.75) is 44.7 Å². The van der Waals surface area contributed by atoms with Crippen molar-refractivity contribution in [3.05, 3.63) is 29.3 Å². The predicted octanol–water partition coefficient (Wildman–Crippen LogP) is 2.40. The Labute approximate surface area is 125 Å². The van der Waals surface area contributed by atoms with Crippen LogP contribution in [0.25, 0.3) is 0 Å². The summed E-state index contributed by atoms with van der Waals surface area (Å²) < 4.78 is 54.9. The van der Waals surface area contributed by atoms with Crippen LogP contribution in [0.15, 0.2) is 17.0 Å². The molecule has 120 valence electrons. The van der Waals surface area contributed by atoms with Gasteiger partial charge >= 0.3 is 0 Å². The molecule has 0 radical (unpaired) electrons. The zero-order valence-corrected chi connectivity index (χ0v) is 13.5. The number of rotatable bonds is 7. The van der Waals surface area contributed by atoms with Crippen molar-refractivity contribution in [2.75, 3.05) is 7.05 Å². The van der Waals surface area contributed by atoms with E-state index in [1.54, 1.807) is 0 Å². The van der Waals surface area contributed by atoms with Crippen LogP contribution in [0.3, 0.4) is 0 Å². The lowest BCUT2D eigenvalue weighted by atomic mass is 10.0. The van der Waals surface area contributed by atoms with Crippen LogP contribution >= 0.6 is 0 Å². The summed E-state index contributed by atoms with van der Waals surface area (Å²) in [5.74, 6) is -1.74. The minimum Gasteiger partial charge on any atom is -0.315 e. The first-order chi connectivity index (χ1) is 9.74. The molecule has 1 aromatic carbocycles. The molecule has 0 saturated heterocycles. The number of nitrogens with one attached hydrogen (secondary N) is 2. The third-order valence-corrected chi connectivity index (χ3v) is 4.85. The molecular formula is C14H22F2N2O2S. The highest BCUT2D eigenvalue weighted by Crippen LogP contribution is 2.22. The molecule has 2 N–H and O–H groups in total. The molecule has 0 spiro atoms. The molecule has 1 rings (SSSR count). The Morgan fingerprint density at radius 2 is 1.86 bits per heavy atom. The highest BCUT2D eigenvalue weighted by Gasteiger charge is 2.26. The Morgan fingerprint density at radius 3 is 2.33 bits per heavy atom. The molecule has 21 heavy (non-hydrogen) atoms. The quantitative estimate of drug-likeness (QED) is 0.811. The number of benzene rings is 1. The molecule has 0 aromatic heterocycles. The molecule has 0 aliphatic carbocycles. The van der Waals surface area contributed by atoms with Crippen molar-refractivity contribution in [2.24, 2.45) is 5.92 Å². The monoisotopic (exact) mass is 320 g/mol. The van der Waals surface area contributed by atoms with E-state index >= 15 is 0 Å². The smallest absolute Gasteiger partial charge is 0.243 e. The van der Waals surface area contributed by atoms with E-state index in [0.29, 0.717) is 6.42 Å². The van der Waals surface area contributed by atoms with Crippen molar-refractivity contribution >= 4 is 10.0 Å². The maximum Gasteiger partial charge on any atom is 0.243 e. The zero-order valence-electron chi connectivity index (χ0n) is 12.7. The summed E-state index contributed by atoms with van der Waals surface area (Å²) in [4.78, 5) is -0.520. The van der Waals surface area contributed by atoms with E-state index < -0.39 is 26.6 Å². The van der Waals surface area contributed by atoms with Crippen LogP contribution in [-0.2, 0) is 16.6 Å². The summed E-state index contributed by atoms with van der Waals surface area (Å²) in [6.07, 6.45) is 0.586. The summed E-state index contributed by atoms with van der Waals surface area (Å²) in [6, 6.07) is 1.63. The van der Waals surface area contributed by atoms with Gasteiger partial charge in [-0.15, -0.1) is 0 Å². The lowest BCUT2D eigenvalue weighted by Gasteiger charge is -2.21. The van der Waals surface area contributed by atoms with E-state index in [-0.39, 0.29) is 24.1 Å². The van der Waals surface area contributed by atoms with E-state index in [4.69, 9.17) is 0 Å². The molecule has 0 amide bonds. The Kier molecular flexibility index (Phi) is 6.24. The number of hydrogen-bond donors (Lipinski definition) is 2. The average Bonchev–Trinajstić information content (AvgIpc) is 2.40. The molecule has 0 saturated carbocycles. The topological polar surface area (TPSA) is 58.2 Å². The van der Waals surface area contributed by atoms with E-state index in [2.05, 4.69) is 10.0 Å². The van der Waals surface area contributed by atoms with Crippen molar-refractivity contribution in [3.63, 3.8) is 0 Å². The molecule has 1 aromatic rings. The highest BCUT2D eigenvalue weighted by atomic mass is 32.2. The molecule has 0 heterocycles. The highest BCUT2D eigenvalue weighted by molar-refractivity contribution is 7.89. The van der Waals surface area contributed by atoms with Crippen LogP contribution in [-0.4, -0.2) is 21.5 Å². The van der Waals surface area contributed by atoms with Gasteiger partial charge in [-0.3, -0.25) is 0 Å². The van der Waals surface area contributed by atoms with Gasteiger partial charge in [-0.2, -0.15) is 0 Å². The number of hydrogen-bond acceptors (Lipinski definition) is 3. The van der Waals surface area contributed by atoms with E-state index in [1.807, 2.05) is 20.8 Å². The Hall–Kier alpha value is -1.05. The lowest BCUT2D eigenvalue weighted by molar-refractivity contribution is 0.435. The van der Waals surface area contributed by atoms with Crippen LogP contribution in [0.1, 0.15) is 32.8 Å². The molecule has 0 aliphatic rings. The second-order valence-electron chi connectivity index (χ2n) is 5.25. The van der Waals surface area contributed by atoms with Crippen molar-refractivity contribution in [1.82, 2.24) is 10.0 Å². The zero-order chi connectivity index (χ0) is 16.2. The molecule has 1 unspecified atom stereocenters.